The zero-order chi connectivity index (χ0) is 12.7. The third kappa shape index (κ3) is 6.77. The largest absolute Gasteiger partial charge is 0.352 e. The molecule has 1 amide bonds. The molecule has 2 heteroatoms. The summed E-state index contributed by atoms with van der Waals surface area (Å²) in [7, 11) is 0. The lowest BCUT2D eigenvalue weighted by molar-refractivity contribution is -0.122. The van der Waals surface area contributed by atoms with Crippen LogP contribution in [0.15, 0.2) is 30.3 Å². The minimum absolute atomic E-state index is 0.115. The van der Waals surface area contributed by atoms with Crippen molar-refractivity contribution < 1.29 is 4.79 Å². The Morgan fingerprint density at radius 2 is 1.76 bits per heavy atom. The average Bonchev–Trinajstić information content (AvgIpc) is 2.23. The van der Waals surface area contributed by atoms with Gasteiger partial charge in [-0.05, 0) is 45.6 Å². The highest BCUT2D eigenvalue weighted by Crippen LogP contribution is 2.07. The van der Waals surface area contributed by atoms with Gasteiger partial charge in [-0.25, -0.2) is 0 Å². The van der Waals surface area contributed by atoms with Gasteiger partial charge in [0.05, 0.1) is 0 Å². The van der Waals surface area contributed by atoms with E-state index in [0.717, 1.165) is 19.3 Å². The maximum absolute atomic E-state index is 11.6. The number of nitrogens with one attached hydrogen (secondary N) is 1. The third-order valence-corrected chi connectivity index (χ3v) is 2.48. The Hall–Kier alpha value is -1.31. The summed E-state index contributed by atoms with van der Waals surface area (Å²) in [6.45, 7) is 6.03. The Kier molecular flexibility index (Phi) is 5.20. The molecule has 2 nitrogen and oxygen atoms in total. The zero-order valence-electron chi connectivity index (χ0n) is 11.1. The van der Waals surface area contributed by atoms with Crippen molar-refractivity contribution in [2.75, 3.05) is 0 Å². The Labute approximate surface area is 104 Å². The molecule has 0 bridgehead atoms. The molecule has 0 unspecified atom stereocenters. The molecule has 0 atom stereocenters. The standard InChI is InChI=1S/C15H23NO/c1-15(2,3)16-14(17)12-8-7-11-13-9-5-4-6-10-13/h4-6,9-10H,7-8,11-12H2,1-3H3,(H,16,17). The maximum atomic E-state index is 11.6. The van der Waals surface area contributed by atoms with Crippen molar-refractivity contribution in [3.63, 3.8) is 0 Å². The summed E-state index contributed by atoms with van der Waals surface area (Å²) in [5.74, 6) is 0.158. The van der Waals surface area contributed by atoms with Crippen LogP contribution >= 0.6 is 0 Å². The van der Waals surface area contributed by atoms with Crippen LogP contribution in [0.3, 0.4) is 0 Å². The Morgan fingerprint density at radius 3 is 2.35 bits per heavy atom. The van der Waals surface area contributed by atoms with Gasteiger partial charge in [-0.2, -0.15) is 0 Å². The van der Waals surface area contributed by atoms with Crippen molar-refractivity contribution in [1.29, 1.82) is 0 Å². The fourth-order valence-electron chi connectivity index (χ4n) is 1.74. The van der Waals surface area contributed by atoms with Crippen LogP contribution in [0.4, 0.5) is 0 Å². The second-order valence-electron chi connectivity index (χ2n) is 5.49. The van der Waals surface area contributed by atoms with Gasteiger partial charge >= 0.3 is 0 Å². The molecule has 0 heterocycles. The van der Waals surface area contributed by atoms with Gasteiger partial charge in [0.2, 0.25) is 5.91 Å². The van der Waals surface area contributed by atoms with Gasteiger partial charge in [0.15, 0.2) is 0 Å². The molecule has 0 saturated carbocycles. The molecular formula is C15H23NO. The van der Waals surface area contributed by atoms with Crippen LogP contribution < -0.4 is 5.32 Å². The van der Waals surface area contributed by atoms with E-state index < -0.39 is 0 Å². The van der Waals surface area contributed by atoms with Crippen LogP contribution in [0.25, 0.3) is 0 Å². The lowest BCUT2D eigenvalue weighted by atomic mass is 10.1. The Balaban J connectivity index is 2.14. The second-order valence-corrected chi connectivity index (χ2v) is 5.49. The molecule has 0 aliphatic heterocycles. The summed E-state index contributed by atoms with van der Waals surface area (Å²) in [4.78, 5) is 11.6. The lowest BCUT2D eigenvalue weighted by Gasteiger charge is -2.20. The molecule has 0 radical (unpaired) electrons. The minimum Gasteiger partial charge on any atom is -0.352 e. The number of benzene rings is 1. The molecule has 0 fully saturated rings. The van der Waals surface area contributed by atoms with E-state index in [1.807, 2.05) is 26.8 Å². The van der Waals surface area contributed by atoms with Crippen LogP contribution in [-0.2, 0) is 11.2 Å². The summed E-state index contributed by atoms with van der Waals surface area (Å²) >= 11 is 0. The van der Waals surface area contributed by atoms with Gasteiger partial charge in [-0.1, -0.05) is 30.3 Å². The van der Waals surface area contributed by atoms with Gasteiger partial charge in [-0.15, -0.1) is 0 Å². The summed E-state index contributed by atoms with van der Waals surface area (Å²) in [6.07, 6.45) is 3.71. The Bertz CT molecular complexity index is 338. The fraction of sp³-hybridized carbons (Fsp3) is 0.533. The van der Waals surface area contributed by atoms with Gasteiger partial charge in [0.1, 0.15) is 0 Å². The fourth-order valence-corrected chi connectivity index (χ4v) is 1.74. The molecule has 1 aromatic carbocycles. The summed E-state index contributed by atoms with van der Waals surface area (Å²) in [5.41, 5.74) is 1.24. The van der Waals surface area contributed by atoms with E-state index in [-0.39, 0.29) is 11.4 Å². The summed E-state index contributed by atoms with van der Waals surface area (Å²) in [5, 5.41) is 2.98. The van der Waals surface area contributed by atoms with E-state index in [2.05, 4.69) is 29.6 Å². The average molecular weight is 233 g/mol. The first-order valence-electron chi connectivity index (χ1n) is 6.32. The molecule has 1 rings (SSSR count). The van der Waals surface area contributed by atoms with Gasteiger partial charge in [0, 0.05) is 12.0 Å². The quantitative estimate of drug-likeness (QED) is 0.777. The van der Waals surface area contributed by atoms with E-state index in [4.69, 9.17) is 0 Å². The summed E-state index contributed by atoms with van der Waals surface area (Å²) < 4.78 is 0. The molecule has 1 aromatic rings. The molecule has 0 aliphatic rings. The normalized spacial score (nSPS) is 11.2. The molecule has 94 valence electrons. The van der Waals surface area contributed by atoms with E-state index in [9.17, 15) is 4.79 Å². The van der Waals surface area contributed by atoms with Crippen LogP contribution in [0.5, 0.6) is 0 Å². The Morgan fingerprint density at radius 1 is 1.12 bits per heavy atom. The van der Waals surface area contributed by atoms with Gasteiger partial charge in [-0.3, -0.25) is 4.79 Å². The van der Waals surface area contributed by atoms with Crippen molar-refractivity contribution in [1.82, 2.24) is 5.32 Å². The number of rotatable bonds is 5. The van der Waals surface area contributed by atoms with Crippen molar-refractivity contribution >= 4 is 5.91 Å². The number of hydrogen-bond donors (Lipinski definition) is 1. The molecular weight excluding hydrogens is 210 g/mol. The van der Waals surface area contributed by atoms with E-state index in [1.54, 1.807) is 0 Å². The number of amides is 1. The van der Waals surface area contributed by atoms with Gasteiger partial charge in [0.25, 0.3) is 0 Å². The smallest absolute Gasteiger partial charge is 0.220 e. The first-order valence-corrected chi connectivity index (χ1v) is 6.32. The number of carbonyl (C=O) groups is 1. The number of carbonyl (C=O) groups excluding carboxylic acids is 1. The monoisotopic (exact) mass is 233 g/mol. The van der Waals surface area contributed by atoms with E-state index in [0.29, 0.717) is 6.42 Å². The van der Waals surface area contributed by atoms with Crippen LogP contribution in [-0.4, -0.2) is 11.4 Å². The molecule has 0 aromatic heterocycles. The van der Waals surface area contributed by atoms with Crippen molar-refractivity contribution in [3.05, 3.63) is 35.9 Å². The second kappa shape index (κ2) is 6.43. The molecule has 0 aliphatic carbocycles. The number of hydrogen-bond acceptors (Lipinski definition) is 1. The maximum Gasteiger partial charge on any atom is 0.220 e. The lowest BCUT2D eigenvalue weighted by Crippen LogP contribution is -2.40. The predicted octanol–water partition coefficient (Wildman–Crippen LogP) is 3.31. The molecule has 0 saturated heterocycles. The molecule has 1 N–H and O–H groups in total. The minimum atomic E-state index is -0.115. The number of aryl methyl sites for hydroxylation is 1. The van der Waals surface area contributed by atoms with Crippen molar-refractivity contribution in [2.45, 2.75) is 52.0 Å². The zero-order valence-corrected chi connectivity index (χ0v) is 11.1. The molecule has 0 spiro atoms. The number of unbranched alkanes of at least 4 members (excludes halogenated alkanes) is 1. The highest BCUT2D eigenvalue weighted by Gasteiger charge is 2.12. The van der Waals surface area contributed by atoms with Crippen LogP contribution in [0.2, 0.25) is 0 Å². The first kappa shape index (κ1) is 13.8. The topological polar surface area (TPSA) is 29.1 Å². The van der Waals surface area contributed by atoms with Crippen LogP contribution in [0.1, 0.15) is 45.6 Å². The van der Waals surface area contributed by atoms with Gasteiger partial charge < -0.3 is 5.32 Å². The van der Waals surface area contributed by atoms with Crippen molar-refractivity contribution in [2.24, 2.45) is 0 Å². The van der Waals surface area contributed by atoms with E-state index >= 15 is 0 Å². The summed E-state index contributed by atoms with van der Waals surface area (Å²) in [6, 6.07) is 10.4. The SMILES string of the molecule is CC(C)(C)NC(=O)CCCCc1ccccc1. The first-order chi connectivity index (χ1) is 7.97. The third-order valence-electron chi connectivity index (χ3n) is 2.48. The highest BCUT2D eigenvalue weighted by molar-refractivity contribution is 5.76. The predicted molar refractivity (Wildman–Crippen MR) is 71.9 cm³/mol. The highest BCUT2D eigenvalue weighted by atomic mass is 16.1. The van der Waals surface area contributed by atoms with Crippen LogP contribution in [0, 0.1) is 0 Å². The van der Waals surface area contributed by atoms with E-state index in [1.165, 1.54) is 5.56 Å². The molecule has 17 heavy (non-hydrogen) atoms. The van der Waals surface area contributed by atoms with Crippen molar-refractivity contribution in [3.8, 4) is 0 Å².